The van der Waals surface area contributed by atoms with E-state index in [9.17, 15) is 14.4 Å². The maximum Gasteiger partial charge on any atom is 0.328 e. The zero-order chi connectivity index (χ0) is 14.5. The summed E-state index contributed by atoms with van der Waals surface area (Å²) in [6.07, 6.45) is 2.80. The van der Waals surface area contributed by atoms with Gasteiger partial charge in [-0.15, -0.1) is 11.3 Å². The Morgan fingerprint density at radius 3 is 2.90 bits per heavy atom. The summed E-state index contributed by atoms with van der Waals surface area (Å²) in [4.78, 5) is 36.8. The minimum Gasteiger partial charge on any atom is -0.478 e. The van der Waals surface area contributed by atoms with Gasteiger partial charge < -0.3 is 15.3 Å². The molecule has 0 unspecified atom stereocenters. The van der Waals surface area contributed by atoms with Crippen molar-refractivity contribution in [2.75, 3.05) is 19.6 Å². The molecule has 1 fully saturated rings. The summed E-state index contributed by atoms with van der Waals surface area (Å²) in [7, 11) is 0. The lowest BCUT2D eigenvalue weighted by molar-refractivity contribution is -0.131. The van der Waals surface area contributed by atoms with Crippen LogP contribution in [0.5, 0.6) is 0 Å². The minimum atomic E-state index is -1.02. The summed E-state index contributed by atoms with van der Waals surface area (Å²) >= 11 is 1.24. The molecule has 7 heteroatoms. The van der Waals surface area contributed by atoms with E-state index in [2.05, 4.69) is 5.32 Å². The van der Waals surface area contributed by atoms with Crippen LogP contribution in [0.3, 0.4) is 0 Å². The quantitative estimate of drug-likeness (QED) is 0.808. The SMILES string of the molecule is O=C(O)C=Cc1ccc(C(=O)N2CCNC(=O)CC2)s1. The molecular weight excluding hydrogens is 280 g/mol. The first kappa shape index (κ1) is 14.3. The Hall–Kier alpha value is -2.15. The molecule has 0 spiro atoms. The summed E-state index contributed by atoms with van der Waals surface area (Å²) in [6.45, 7) is 1.35. The van der Waals surface area contributed by atoms with Gasteiger partial charge in [-0.2, -0.15) is 0 Å². The van der Waals surface area contributed by atoms with E-state index in [0.717, 1.165) is 6.08 Å². The van der Waals surface area contributed by atoms with Crippen molar-refractivity contribution >= 4 is 35.2 Å². The van der Waals surface area contributed by atoms with Crippen LogP contribution in [0, 0.1) is 0 Å². The summed E-state index contributed by atoms with van der Waals surface area (Å²) < 4.78 is 0. The molecule has 0 bridgehead atoms. The molecule has 0 aliphatic carbocycles. The van der Waals surface area contributed by atoms with Crippen molar-refractivity contribution in [3.63, 3.8) is 0 Å². The Balaban J connectivity index is 2.05. The number of carbonyl (C=O) groups is 3. The summed E-state index contributed by atoms with van der Waals surface area (Å²) in [6, 6.07) is 3.38. The normalized spacial score (nSPS) is 16.0. The highest BCUT2D eigenvalue weighted by Crippen LogP contribution is 2.20. The molecule has 2 N–H and O–H groups in total. The predicted octanol–water partition coefficient (Wildman–Crippen LogP) is 0.808. The van der Waals surface area contributed by atoms with Gasteiger partial charge in [-0.25, -0.2) is 4.79 Å². The number of rotatable bonds is 3. The monoisotopic (exact) mass is 294 g/mol. The molecule has 0 radical (unpaired) electrons. The van der Waals surface area contributed by atoms with Crippen LogP contribution in [0.1, 0.15) is 21.0 Å². The number of hydrogen-bond donors (Lipinski definition) is 2. The fraction of sp³-hybridized carbons (Fsp3) is 0.308. The standard InChI is InChI=1S/C13H14N2O4S/c16-11-5-7-15(8-6-14-11)13(19)10-3-1-9(20-10)2-4-12(17)18/h1-4H,5-8H2,(H,14,16)(H,17,18). The van der Waals surface area contributed by atoms with Crippen LogP contribution >= 0.6 is 11.3 Å². The molecule has 106 valence electrons. The van der Waals surface area contributed by atoms with Crippen LogP contribution in [0.4, 0.5) is 0 Å². The number of carbonyl (C=O) groups excluding carboxylic acids is 2. The number of thiophene rings is 1. The second-order valence-electron chi connectivity index (χ2n) is 4.27. The fourth-order valence-corrected chi connectivity index (χ4v) is 2.72. The molecule has 1 saturated heterocycles. The highest BCUT2D eigenvalue weighted by Gasteiger charge is 2.20. The number of hydrogen-bond acceptors (Lipinski definition) is 4. The van der Waals surface area contributed by atoms with Crippen molar-refractivity contribution in [2.24, 2.45) is 0 Å². The van der Waals surface area contributed by atoms with Crippen LogP contribution in [0.2, 0.25) is 0 Å². The lowest BCUT2D eigenvalue weighted by atomic mass is 10.3. The van der Waals surface area contributed by atoms with E-state index in [-0.39, 0.29) is 11.8 Å². The van der Waals surface area contributed by atoms with E-state index < -0.39 is 5.97 Å². The second-order valence-corrected chi connectivity index (χ2v) is 5.38. The van der Waals surface area contributed by atoms with E-state index in [1.54, 1.807) is 17.0 Å². The highest BCUT2D eigenvalue weighted by atomic mass is 32.1. The molecule has 2 heterocycles. The third-order valence-corrected chi connectivity index (χ3v) is 3.87. The number of nitrogens with zero attached hydrogens (tertiary/aromatic N) is 1. The molecule has 2 amide bonds. The molecule has 1 aliphatic rings. The smallest absolute Gasteiger partial charge is 0.328 e. The van der Waals surface area contributed by atoms with Gasteiger partial charge in [0, 0.05) is 37.0 Å². The maximum atomic E-state index is 12.3. The molecule has 0 atom stereocenters. The lowest BCUT2D eigenvalue weighted by Crippen LogP contribution is -2.33. The molecule has 20 heavy (non-hydrogen) atoms. The predicted molar refractivity (Wildman–Crippen MR) is 74.5 cm³/mol. The maximum absolute atomic E-state index is 12.3. The zero-order valence-corrected chi connectivity index (χ0v) is 11.5. The Kier molecular flexibility index (Phi) is 4.52. The first-order valence-corrected chi connectivity index (χ1v) is 6.95. The van der Waals surface area contributed by atoms with E-state index in [1.165, 1.54) is 17.4 Å². The lowest BCUT2D eigenvalue weighted by Gasteiger charge is -2.18. The Morgan fingerprint density at radius 2 is 2.15 bits per heavy atom. The average molecular weight is 294 g/mol. The Labute approximate surface area is 119 Å². The average Bonchev–Trinajstić information content (AvgIpc) is 2.78. The van der Waals surface area contributed by atoms with Crippen LogP contribution in [-0.4, -0.2) is 47.4 Å². The van der Waals surface area contributed by atoms with E-state index in [0.29, 0.717) is 35.8 Å². The van der Waals surface area contributed by atoms with Gasteiger partial charge in [0.05, 0.1) is 4.88 Å². The third-order valence-electron chi connectivity index (χ3n) is 2.83. The molecule has 1 aromatic heterocycles. The van der Waals surface area contributed by atoms with Gasteiger partial charge in [0.2, 0.25) is 5.91 Å². The van der Waals surface area contributed by atoms with Crippen molar-refractivity contribution in [3.05, 3.63) is 28.0 Å². The van der Waals surface area contributed by atoms with Gasteiger partial charge in [-0.05, 0) is 18.2 Å². The second kappa shape index (κ2) is 6.33. The molecular formula is C13H14N2O4S. The number of carboxylic acid groups (broad SMARTS) is 1. The molecule has 1 aliphatic heterocycles. The molecule has 2 rings (SSSR count). The summed E-state index contributed by atoms with van der Waals surface area (Å²) in [5.74, 6) is -1.19. The van der Waals surface area contributed by atoms with Crippen molar-refractivity contribution in [1.82, 2.24) is 10.2 Å². The van der Waals surface area contributed by atoms with Crippen molar-refractivity contribution in [1.29, 1.82) is 0 Å². The minimum absolute atomic E-state index is 0.0449. The van der Waals surface area contributed by atoms with Crippen molar-refractivity contribution in [3.8, 4) is 0 Å². The van der Waals surface area contributed by atoms with Gasteiger partial charge in [-0.1, -0.05) is 0 Å². The van der Waals surface area contributed by atoms with Gasteiger partial charge in [0.25, 0.3) is 5.91 Å². The number of aliphatic carboxylic acids is 1. The Bertz CT molecular complexity index is 564. The van der Waals surface area contributed by atoms with Gasteiger partial charge in [-0.3, -0.25) is 9.59 Å². The van der Waals surface area contributed by atoms with E-state index >= 15 is 0 Å². The molecule has 0 aromatic carbocycles. The van der Waals surface area contributed by atoms with E-state index in [1.807, 2.05) is 0 Å². The molecule has 0 saturated carbocycles. The van der Waals surface area contributed by atoms with Crippen LogP contribution in [-0.2, 0) is 9.59 Å². The van der Waals surface area contributed by atoms with Crippen molar-refractivity contribution in [2.45, 2.75) is 6.42 Å². The highest BCUT2D eigenvalue weighted by molar-refractivity contribution is 7.14. The largest absolute Gasteiger partial charge is 0.478 e. The van der Waals surface area contributed by atoms with Crippen LogP contribution in [0.25, 0.3) is 6.08 Å². The third kappa shape index (κ3) is 3.67. The molecule has 1 aromatic rings. The van der Waals surface area contributed by atoms with Crippen LogP contribution < -0.4 is 5.32 Å². The number of carboxylic acids is 1. The van der Waals surface area contributed by atoms with Crippen molar-refractivity contribution < 1.29 is 19.5 Å². The zero-order valence-electron chi connectivity index (χ0n) is 10.7. The van der Waals surface area contributed by atoms with Crippen LogP contribution in [0.15, 0.2) is 18.2 Å². The Morgan fingerprint density at radius 1 is 1.35 bits per heavy atom. The van der Waals surface area contributed by atoms with Gasteiger partial charge in [0.15, 0.2) is 0 Å². The first-order valence-electron chi connectivity index (χ1n) is 6.13. The molecule has 6 nitrogen and oxygen atoms in total. The topological polar surface area (TPSA) is 86.7 Å². The number of amides is 2. The summed E-state index contributed by atoms with van der Waals surface area (Å²) in [5.41, 5.74) is 0. The number of nitrogens with one attached hydrogen (secondary N) is 1. The van der Waals surface area contributed by atoms with Gasteiger partial charge >= 0.3 is 5.97 Å². The fourth-order valence-electron chi connectivity index (χ4n) is 1.84. The van der Waals surface area contributed by atoms with E-state index in [4.69, 9.17) is 5.11 Å². The van der Waals surface area contributed by atoms with Gasteiger partial charge in [0.1, 0.15) is 0 Å². The first-order chi connectivity index (χ1) is 9.56. The summed E-state index contributed by atoms with van der Waals surface area (Å²) in [5, 5.41) is 11.3.